The molecule has 2 N–H and O–H groups in total. The smallest absolute Gasteiger partial charge is 0.390 e. The van der Waals surface area contributed by atoms with E-state index in [1.54, 1.807) is 0 Å². The van der Waals surface area contributed by atoms with Crippen LogP contribution >= 0.6 is 0 Å². The summed E-state index contributed by atoms with van der Waals surface area (Å²) in [5.74, 6) is 0. The molecule has 19 heavy (non-hydrogen) atoms. The summed E-state index contributed by atoms with van der Waals surface area (Å²) in [4.78, 5) is 1.38. The van der Waals surface area contributed by atoms with Crippen LogP contribution in [0.25, 0.3) is 0 Å². The zero-order valence-electron chi connectivity index (χ0n) is 10.5. The van der Waals surface area contributed by atoms with Gasteiger partial charge in [-0.1, -0.05) is 0 Å². The highest BCUT2D eigenvalue weighted by atomic mass is 32.2. The third kappa shape index (κ3) is 4.62. The number of hydrogen-bond donors (Lipinski definition) is 1. The van der Waals surface area contributed by atoms with E-state index >= 15 is 0 Å². The first-order valence-corrected chi connectivity index (χ1v) is 7.27. The number of benzene rings is 1. The van der Waals surface area contributed by atoms with Crippen molar-refractivity contribution in [3.8, 4) is 0 Å². The van der Waals surface area contributed by atoms with Gasteiger partial charge in [0.1, 0.15) is 0 Å². The monoisotopic (exact) mass is 296 g/mol. The summed E-state index contributed by atoms with van der Waals surface area (Å²) < 4.78 is 59.0. The molecule has 0 atom stereocenters. The Bertz CT molecular complexity index is 556. The van der Waals surface area contributed by atoms with Crippen LogP contribution < -0.4 is 10.6 Å². The van der Waals surface area contributed by atoms with Crippen LogP contribution in [-0.2, 0) is 9.84 Å². The average molecular weight is 296 g/mol. The van der Waals surface area contributed by atoms with Crippen LogP contribution in [0.15, 0.2) is 23.1 Å². The third-order valence-electron chi connectivity index (χ3n) is 2.57. The van der Waals surface area contributed by atoms with Gasteiger partial charge in [0.15, 0.2) is 9.84 Å². The first kappa shape index (κ1) is 15.6. The zero-order chi connectivity index (χ0) is 14.8. The summed E-state index contributed by atoms with van der Waals surface area (Å²) in [5.41, 5.74) is 6.17. The molecular formula is C11H15F3N2O2S. The highest BCUT2D eigenvalue weighted by Gasteiger charge is 2.27. The maximum Gasteiger partial charge on any atom is 0.390 e. The second kappa shape index (κ2) is 5.28. The zero-order valence-corrected chi connectivity index (χ0v) is 11.3. The molecule has 1 aromatic carbocycles. The number of nitrogen functional groups attached to an aromatic ring is 1. The number of anilines is 2. The Labute approximate surface area is 109 Å². The molecule has 1 rings (SSSR count). The number of rotatable bonds is 4. The van der Waals surface area contributed by atoms with Gasteiger partial charge in [0.05, 0.1) is 22.7 Å². The number of nitrogens with two attached hydrogens (primary N) is 1. The van der Waals surface area contributed by atoms with Crippen LogP contribution in [0.2, 0.25) is 0 Å². The van der Waals surface area contributed by atoms with Gasteiger partial charge >= 0.3 is 6.18 Å². The largest absolute Gasteiger partial charge is 0.397 e. The third-order valence-corrected chi connectivity index (χ3v) is 3.68. The maximum absolute atomic E-state index is 12.1. The molecule has 0 amide bonds. The van der Waals surface area contributed by atoms with E-state index in [1.807, 2.05) is 0 Å². The van der Waals surface area contributed by atoms with Crippen LogP contribution in [0.4, 0.5) is 24.5 Å². The van der Waals surface area contributed by atoms with Crippen molar-refractivity contribution in [3.05, 3.63) is 18.2 Å². The van der Waals surface area contributed by atoms with Gasteiger partial charge in [0.25, 0.3) is 0 Å². The van der Waals surface area contributed by atoms with Gasteiger partial charge in [0.2, 0.25) is 0 Å². The molecule has 0 spiro atoms. The topological polar surface area (TPSA) is 63.4 Å². The fourth-order valence-corrected chi connectivity index (χ4v) is 2.18. The molecule has 1 aromatic rings. The molecule has 0 unspecified atom stereocenters. The van der Waals surface area contributed by atoms with Crippen molar-refractivity contribution in [1.82, 2.24) is 0 Å². The molecule has 8 heteroatoms. The Kier molecular flexibility index (Phi) is 4.34. The van der Waals surface area contributed by atoms with Crippen molar-refractivity contribution in [2.24, 2.45) is 0 Å². The molecule has 0 saturated carbocycles. The van der Waals surface area contributed by atoms with E-state index in [0.29, 0.717) is 5.69 Å². The summed E-state index contributed by atoms with van der Waals surface area (Å²) in [5, 5.41) is 0. The Balaban J connectivity index is 2.91. The maximum atomic E-state index is 12.1. The Hall–Kier alpha value is -1.44. The van der Waals surface area contributed by atoms with E-state index in [1.165, 1.54) is 30.1 Å². The minimum atomic E-state index is -4.24. The molecule has 0 heterocycles. The first-order chi connectivity index (χ1) is 8.50. The summed E-state index contributed by atoms with van der Waals surface area (Å²) in [6.45, 7) is -0.244. The number of nitrogens with zero attached hydrogens (tertiary/aromatic N) is 1. The minimum absolute atomic E-state index is 0.0398. The molecular weight excluding hydrogens is 281 g/mol. The van der Waals surface area contributed by atoms with Crippen molar-refractivity contribution >= 4 is 21.2 Å². The van der Waals surface area contributed by atoms with E-state index in [0.717, 1.165) is 6.26 Å². The van der Waals surface area contributed by atoms with Gasteiger partial charge in [-0.25, -0.2) is 8.42 Å². The van der Waals surface area contributed by atoms with Crippen LogP contribution in [-0.4, -0.2) is 34.4 Å². The van der Waals surface area contributed by atoms with Gasteiger partial charge in [-0.05, 0) is 18.2 Å². The van der Waals surface area contributed by atoms with Gasteiger partial charge in [0, 0.05) is 19.8 Å². The lowest BCUT2D eigenvalue weighted by atomic mass is 10.2. The SMILES string of the molecule is CN(CCC(F)(F)F)c1ccc(S(C)(=O)=O)cc1N. The second-order valence-corrected chi connectivity index (χ2v) is 6.30. The van der Waals surface area contributed by atoms with Crippen LogP contribution in [0.1, 0.15) is 6.42 Å². The fraction of sp³-hybridized carbons (Fsp3) is 0.455. The number of halogens is 3. The molecule has 0 aliphatic rings. The second-order valence-electron chi connectivity index (χ2n) is 4.28. The molecule has 0 aliphatic carbocycles. The van der Waals surface area contributed by atoms with Crippen molar-refractivity contribution in [3.63, 3.8) is 0 Å². The quantitative estimate of drug-likeness (QED) is 0.864. The van der Waals surface area contributed by atoms with Crippen LogP contribution in [0.3, 0.4) is 0 Å². The van der Waals surface area contributed by atoms with E-state index in [4.69, 9.17) is 5.73 Å². The van der Waals surface area contributed by atoms with Gasteiger partial charge in [-0.3, -0.25) is 0 Å². The van der Waals surface area contributed by atoms with E-state index in [2.05, 4.69) is 0 Å². The Morgan fingerprint density at radius 3 is 2.32 bits per heavy atom. The van der Waals surface area contributed by atoms with Crippen LogP contribution in [0, 0.1) is 0 Å². The van der Waals surface area contributed by atoms with Gasteiger partial charge < -0.3 is 10.6 Å². The van der Waals surface area contributed by atoms with Crippen LogP contribution in [0.5, 0.6) is 0 Å². The predicted octanol–water partition coefficient (Wildman–Crippen LogP) is 2.06. The highest BCUT2D eigenvalue weighted by molar-refractivity contribution is 7.90. The van der Waals surface area contributed by atoms with E-state index in [9.17, 15) is 21.6 Å². The molecule has 0 bridgehead atoms. The Morgan fingerprint density at radius 1 is 1.32 bits per heavy atom. The van der Waals surface area contributed by atoms with Crippen molar-refractivity contribution in [1.29, 1.82) is 0 Å². The average Bonchev–Trinajstić information content (AvgIpc) is 2.23. The predicted molar refractivity (Wildman–Crippen MR) is 67.9 cm³/mol. The van der Waals surface area contributed by atoms with Gasteiger partial charge in [-0.2, -0.15) is 13.2 Å². The van der Waals surface area contributed by atoms with Crippen molar-refractivity contribution in [2.45, 2.75) is 17.5 Å². The highest BCUT2D eigenvalue weighted by Crippen LogP contribution is 2.27. The lowest BCUT2D eigenvalue weighted by Crippen LogP contribution is -2.24. The first-order valence-electron chi connectivity index (χ1n) is 5.38. The minimum Gasteiger partial charge on any atom is -0.397 e. The Morgan fingerprint density at radius 2 is 1.89 bits per heavy atom. The van der Waals surface area contributed by atoms with Crippen molar-refractivity contribution in [2.75, 3.05) is 30.5 Å². The van der Waals surface area contributed by atoms with E-state index < -0.39 is 22.4 Å². The molecule has 0 radical (unpaired) electrons. The number of alkyl halides is 3. The number of sulfone groups is 1. The number of hydrogen-bond acceptors (Lipinski definition) is 4. The standard InChI is InChI=1S/C11H15F3N2O2S/c1-16(6-5-11(12,13)14)10-4-3-8(7-9(10)15)19(2,17)18/h3-4,7H,5-6,15H2,1-2H3. The van der Waals surface area contributed by atoms with Gasteiger partial charge in [-0.15, -0.1) is 0 Å². The summed E-state index contributed by atoms with van der Waals surface area (Å²) >= 11 is 0. The molecule has 0 saturated heterocycles. The molecule has 0 aliphatic heterocycles. The van der Waals surface area contributed by atoms with Crippen molar-refractivity contribution < 1.29 is 21.6 Å². The lowest BCUT2D eigenvalue weighted by molar-refractivity contribution is -0.132. The summed E-state index contributed by atoms with van der Waals surface area (Å²) in [6, 6.07) is 3.97. The fourth-order valence-electron chi connectivity index (χ4n) is 1.53. The molecule has 0 aromatic heterocycles. The summed E-state index contributed by atoms with van der Waals surface area (Å²) in [7, 11) is -1.91. The normalized spacial score (nSPS) is 12.5. The molecule has 4 nitrogen and oxygen atoms in total. The van der Waals surface area contributed by atoms with E-state index in [-0.39, 0.29) is 17.1 Å². The summed E-state index contributed by atoms with van der Waals surface area (Å²) in [6.07, 6.45) is -4.17. The molecule has 108 valence electrons. The molecule has 0 fully saturated rings. The lowest BCUT2D eigenvalue weighted by Gasteiger charge is -2.22.